The second-order valence-electron chi connectivity index (χ2n) is 12.4. The van der Waals surface area contributed by atoms with E-state index in [-0.39, 0.29) is 5.75 Å². The Bertz CT molecular complexity index is 702. The van der Waals surface area contributed by atoms with Gasteiger partial charge < -0.3 is 9.84 Å². The average Bonchev–Trinajstić information content (AvgIpc) is 2.98. The highest BCUT2D eigenvalue weighted by Gasteiger charge is 2.02. The Morgan fingerprint density at radius 1 is 0.537 bits per heavy atom. The van der Waals surface area contributed by atoms with Gasteiger partial charge in [-0.25, -0.2) is 0 Å². The van der Waals surface area contributed by atoms with Crippen LogP contribution < -0.4 is 4.74 Å². The molecule has 238 valence electrons. The molecule has 0 aliphatic heterocycles. The molecule has 3 heteroatoms. The second kappa shape index (κ2) is 30.0. The van der Waals surface area contributed by atoms with Gasteiger partial charge in [0.1, 0.15) is 11.5 Å². The lowest BCUT2D eigenvalue weighted by molar-refractivity contribution is 0.302. The number of nitrogens with zero attached hydrogens (tertiary/aromatic N) is 1. The van der Waals surface area contributed by atoms with Crippen molar-refractivity contribution in [3.8, 4) is 11.5 Å². The van der Waals surface area contributed by atoms with Gasteiger partial charge in [0, 0.05) is 24.4 Å². The summed E-state index contributed by atoms with van der Waals surface area (Å²) >= 11 is 0. The summed E-state index contributed by atoms with van der Waals surface area (Å²) in [7, 11) is 0. The number of phenols is 1. The van der Waals surface area contributed by atoms with Crippen LogP contribution in [0.1, 0.15) is 193 Å². The minimum atomic E-state index is 0.261. The summed E-state index contributed by atoms with van der Waals surface area (Å²) in [4.78, 5) is 4.55. The molecule has 0 fully saturated rings. The molecule has 1 N–H and O–H groups in total. The molecule has 0 saturated carbocycles. The average molecular weight is 572 g/mol. The lowest BCUT2D eigenvalue weighted by Crippen LogP contribution is -1.97. The number of aliphatic imine (C=N–C) groups is 1. The van der Waals surface area contributed by atoms with Crippen LogP contribution >= 0.6 is 0 Å². The number of unbranched alkanes of at least 4 members (excludes halogenated alkanes) is 25. The molecule has 0 spiro atoms. The van der Waals surface area contributed by atoms with E-state index in [2.05, 4.69) is 18.8 Å². The van der Waals surface area contributed by atoms with Gasteiger partial charge in [0.15, 0.2) is 0 Å². The summed E-state index contributed by atoms with van der Waals surface area (Å²) in [6.07, 6.45) is 38.7. The molecular weight excluding hydrogens is 502 g/mol. The predicted molar refractivity (Wildman–Crippen MR) is 182 cm³/mol. The van der Waals surface area contributed by atoms with Gasteiger partial charge in [-0.1, -0.05) is 174 Å². The van der Waals surface area contributed by atoms with Crippen LogP contribution in [-0.4, -0.2) is 24.5 Å². The summed E-state index contributed by atoms with van der Waals surface area (Å²) in [5.74, 6) is 1.02. The Morgan fingerprint density at radius 3 is 1.34 bits per heavy atom. The van der Waals surface area contributed by atoms with Gasteiger partial charge in [-0.3, -0.25) is 4.99 Å². The fourth-order valence-electron chi connectivity index (χ4n) is 5.59. The number of aromatic hydroxyl groups is 1. The Labute approximate surface area is 256 Å². The summed E-state index contributed by atoms with van der Waals surface area (Å²) in [5.41, 5.74) is 0.781. The van der Waals surface area contributed by atoms with Crippen molar-refractivity contribution in [2.24, 2.45) is 4.99 Å². The van der Waals surface area contributed by atoms with Gasteiger partial charge in [0.2, 0.25) is 0 Å². The van der Waals surface area contributed by atoms with Gasteiger partial charge in [-0.2, -0.15) is 0 Å². The highest BCUT2D eigenvalue weighted by atomic mass is 16.5. The maximum Gasteiger partial charge on any atom is 0.128 e. The molecule has 0 unspecified atom stereocenters. The third kappa shape index (κ3) is 24.8. The van der Waals surface area contributed by atoms with Crippen LogP contribution in [-0.2, 0) is 0 Å². The summed E-state index contributed by atoms with van der Waals surface area (Å²) in [6, 6.07) is 5.60. The molecule has 0 amide bonds. The molecule has 41 heavy (non-hydrogen) atoms. The third-order valence-corrected chi connectivity index (χ3v) is 8.39. The summed E-state index contributed by atoms with van der Waals surface area (Å²) in [5, 5.41) is 10.4. The molecule has 3 nitrogen and oxygen atoms in total. The van der Waals surface area contributed by atoms with E-state index in [1.807, 2.05) is 18.3 Å². The van der Waals surface area contributed by atoms with Crippen molar-refractivity contribution in [2.75, 3.05) is 13.2 Å². The van der Waals surface area contributed by atoms with E-state index in [0.29, 0.717) is 0 Å². The third-order valence-electron chi connectivity index (χ3n) is 8.39. The van der Waals surface area contributed by atoms with E-state index < -0.39 is 0 Å². The lowest BCUT2D eigenvalue weighted by atomic mass is 10.0. The molecule has 0 aliphatic rings. The molecular formula is C38H69NO2. The van der Waals surface area contributed by atoms with Crippen LogP contribution in [0.3, 0.4) is 0 Å². The number of ether oxygens (including phenoxy) is 1. The van der Waals surface area contributed by atoms with E-state index in [0.717, 1.165) is 37.3 Å². The van der Waals surface area contributed by atoms with Crippen molar-refractivity contribution in [1.29, 1.82) is 0 Å². The largest absolute Gasteiger partial charge is 0.507 e. The summed E-state index contributed by atoms with van der Waals surface area (Å²) < 4.78 is 5.86. The molecule has 0 heterocycles. The topological polar surface area (TPSA) is 41.8 Å². The molecule has 0 aromatic heterocycles. The molecule has 1 aromatic carbocycles. The highest BCUT2D eigenvalue weighted by molar-refractivity contribution is 5.83. The van der Waals surface area contributed by atoms with Crippen LogP contribution in [0.4, 0.5) is 0 Å². The van der Waals surface area contributed by atoms with E-state index in [1.165, 1.54) is 161 Å². The maximum absolute atomic E-state index is 10.4. The number of rotatable bonds is 31. The highest BCUT2D eigenvalue weighted by Crippen LogP contribution is 2.23. The monoisotopic (exact) mass is 572 g/mol. The minimum Gasteiger partial charge on any atom is -0.507 e. The SMILES string of the molecule is CCCCCCCCCCCCCCCCCCN=Cc1ccc(OCCCCCCCCCCCCC)cc1O. The van der Waals surface area contributed by atoms with Crippen LogP contribution in [0.25, 0.3) is 0 Å². The van der Waals surface area contributed by atoms with E-state index in [1.54, 1.807) is 6.07 Å². The molecule has 0 bridgehead atoms. The van der Waals surface area contributed by atoms with E-state index >= 15 is 0 Å². The zero-order valence-corrected chi connectivity index (χ0v) is 27.6. The van der Waals surface area contributed by atoms with Crippen LogP contribution in [0.15, 0.2) is 23.2 Å². The number of hydrogen-bond acceptors (Lipinski definition) is 3. The van der Waals surface area contributed by atoms with Gasteiger partial charge in [-0.15, -0.1) is 0 Å². The maximum atomic E-state index is 10.4. The zero-order chi connectivity index (χ0) is 29.5. The quantitative estimate of drug-likeness (QED) is 0.0711. The van der Waals surface area contributed by atoms with Gasteiger partial charge in [0.05, 0.1) is 6.61 Å². The van der Waals surface area contributed by atoms with Crippen molar-refractivity contribution in [2.45, 2.75) is 187 Å². The molecule has 1 rings (SSSR count). The van der Waals surface area contributed by atoms with Crippen molar-refractivity contribution in [3.05, 3.63) is 23.8 Å². The molecule has 1 aromatic rings. The number of phenolic OH excluding ortho intramolecular Hbond substituents is 1. The van der Waals surface area contributed by atoms with E-state index in [9.17, 15) is 5.11 Å². The van der Waals surface area contributed by atoms with Crippen molar-refractivity contribution >= 4 is 6.21 Å². The smallest absolute Gasteiger partial charge is 0.128 e. The molecule has 0 atom stereocenters. The zero-order valence-electron chi connectivity index (χ0n) is 27.6. The first-order valence-electron chi connectivity index (χ1n) is 18.2. The Balaban J connectivity index is 1.92. The number of benzene rings is 1. The Kier molecular flexibility index (Phi) is 27.4. The number of hydrogen-bond donors (Lipinski definition) is 1. The molecule has 0 aliphatic carbocycles. The predicted octanol–water partition coefficient (Wildman–Crippen LogP) is 12.8. The van der Waals surface area contributed by atoms with E-state index in [4.69, 9.17) is 4.74 Å². The van der Waals surface area contributed by atoms with Crippen LogP contribution in [0, 0.1) is 0 Å². The van der Waals surface area contributed by atoms with Crippen LogP contribution in [0.5, 0.6) is 11.5 Å². The fraction of sp³-hybridized carbons (Fsp3) is 0.816. The van der Waals surface area contributed by atoms with Crippen molar-refractivity contribution < 1.29 is 9.84 Å². The van der Waals surface area contributed by atoms with Gasteiger partial charge in [-0.05, 0) is 25.0 Å². The molecule has 0 saturated heterocycles. The molecule has 0 radical (unpaired) electrons. The first-order chi connectivity index (χ1) is 20.3. The van der Waals surface area contributed by atoms with Gasteiger partial charge in [0.25, 0.3) is 0 Å². The normalized spacial score (nSPS) is 11.6. The fourth-order valence-corrected chi connectivity index (χ4v) is 5.59. The Hall–Kier alpha value is -1.51. The standard InChI is InChI=1S/C38H69NO2/c1-3-5-7-9-11-13-15-16-17-18-19-20-22-24-26-28-32-39-35-36-30-31-37(34-38(36)40)41-33-29-27-25-23-21-14-12-10-8-6-4-2/h30-31,34-35,40H,3-29,32-33H2,1-2H3. The van der Waals surface area contributed by atoms with Crippen LogP contribution in [0.2, 0.25) is 0 Å². The van der Waals surface area contributed by atoms with Crippen molar-refractivity contribution in [3.63, 3.8) is 0 Å². The second-order valence-corrected chi connectivity index (χ2v) is 12.4. The minimum absolute atomic E-state index is 0.261. The Morgan fingerprint density at radius 2 is 0.927 bits per heavy atom. The summed E-state index contributed by atoms with van der Waals surface area (Å²) in [6.45, 7) is 6.14. The lowest BCUT2D eigenvalue weighted by Gasteiger charge is -2.08. The first kappa shape index (κ1) is 37.5. The van der Waals surface area contributed by atoms with Crippen molar-refractivity contribution in [1.82, 2.24) is 0 Å². The van der Waals surface area contributed by atoms with Gasteiger partial charge >= 0.3 is 0 Å². The first-order valence-corrected chi connectivity index (χ1v) is 18.2.